The number of nitrogens with one attached hydrogen (secondary N) is 1. The van der Waals surface area contributed by atoms with E-state index in [9.17, 15) is 4.79 Å². The Hall–Kier alpha value is -2.63. The van der Waals surface area contributed by atoms with Crippen LogP contribution in [0.3, 0.4) is 0 Å². The molecular formula is C17H18N4O2. The number of rotatable bonds is 3. The number of hydrogen-bond acceptors (Lipinski definition) is 4. The molecule has 3 aromatic rings. The molecule has 0 spiro atoms. The molecule has 1 aliphatic rings. The normalized spacial score (nSPS) is 14.2. The van der Waals surface area contributed by atoms with Gasteiger partial charge < -0.3 is 9.42 Å². The van der Waals surface area contributed by atoms with Gasteiger partial charge >= 0.3 is 0 Å². The van der Waals surface area contributed by atoms with Crippen molar-refractivity contribution < 1.29 is 9.32 Å². The van der Waals surface area contributed by atoms with Crippen molar-refractivity contribution in [2.45, 2.75) is 32.7 Å². The van der Waals surface area contributed by atoms with Gasteiger partial charge in [0.1, 0.15) is 5.69 Å². The Kier molecular flexibility index (Phi) is 3.37. The van der Waals surface area contributed by atoms with Crippen LogP contribution in [0.2, 0.25) is 0 Å². The molecule has 0 saturated carbocycles. The van der Waals surface area contributed by atoms with Crippen molar-refractivity contribution in [1.82, 2.24) is 20.3 Å². The quantitative estimate of drug-likeness (QED) is 0.805. The van der Waals surface area contributed by atoms with Crippen LogP contribution < -0.4 is 0 Å². The summed E-state index contributed by atoms with van der Waals surface area (Å²) >= 11 is 0. The van der Waals surface area contributed by atoms with E-state index in [0.717, 1.165) is 35.2 Å². The molecule has 118 valence electrons. The summed E-state index contributed by atoms with van der Waals surface area (Å²) in [5.41, 5.74) is 4.83. The van der Waals surface area contributed by atoms with Crippen molar-refractivity contribution in [1.29, 1.82) is 0 Å². The summed E-state index contributed by atoms with van der Waals surface area (Å²) in [5, 5.41) is 12.4. The van der Waals surface area contributed by atoms with E-state index >= 15 is 0 Å². The minimum Gasteiger partial charge on any atom is -0.356 e. The predicted molar refractivity (Wildman–Crippen MR) is 84.8 cm³/mol. The number of aryl methyl sites for hydroxylation is 1. The molecule has 0 atom stereocenters. The molecule has 1 amide bonds. The van der Waals surface area contributed by atoms with Gasteiger partial charge in [0.15, 0.2) is 5.58 Å². The Balaban J connectivity index is 1.54. The zero-order valence-electron chi connectivity index (χ0n) is 13.0. The second-order valence-electron chi connectivity index (χ2n) is 5.85. The topological polar surface area (TPSA) is 75.0 Å². The summed E-state index contributed by atoms with van der Waals surface area (Å²) in [4.78, 5) is 14.5. The van der Waals surface area contributed by atoms with E-state index in [1.807, 2.05) is 29.2 Å². The molecule has 0 radical (unpaired) electrons. The third kappa shape index (κ3) is 2.40. The van der Waals surface area contributed by atoms with E-state index in [0.29, 0.717) is 18.8 Å². The van der Waals surface area contributed by atoms with Crippen LogP contribution in [0, 0.1) is 0 Å². The highest BCUT2D eigenvalue weighted by Gasteiger charge is 2.25. The average Bonchev–Trinajstić information content (AvgIpc) is 3.18. The summed E-state index contributed by atoms with van der Waals surface area (Å²) in [6, 6.07) is 7.63. The van der Waals surface area contributed by atoms with Gasteiger partial charge in [0, 0.05) is 36.2 Å². The Labute approximate surface area is 133 Å². The summed E-state index contributed by atoms with van der Waals surface area (Å²) in [6.45, 7) is 3.43. The van der Waals surface area contributed by atoms with E-state index in [4.69, 9.17) is 4.52 Å². The molecule has 6 nitrogen and oxygen atoms in total. The Morgan fingerprint density at radius 2 is 2.22 bits per heavy atom. The van der Waals surface area contributed by atoms with Crippen molar-refractivity contribution >= 4 is 16.9 Å². The molecule has 0 bridgehead atoms. The van der Waals surface area contributed by atoms with Crippen LogP contribution in [-0.2, 0) is 30.6 Å². The largest absolute Gasteiger partial charge is 0.356 e. The minimum atomic E-state index is 0.0814. The molecule has 1 aliphatic heterocycles. The van der Waals surface area contributed by atoms with Crippen molar-refractivity contribution in [3.05, 3.63) is 46.9 Å². The van der Waals surface area contributed by atoms with Crippen LogP contribution in [-0.4, -0.2) is 32.7 Å². The molecule has 3 heterocycles. The van der Waals surface area contributed by atoms with E-state index in [-0.39, 0.29) is 12.3 Å². The standard InChI is InChI=1S/C17H18N4O2/c1-2-13-12-10-21(8-7-14(12)19-18-13)17(22)9-15-11-5-3-4-6-16(11)23-20-15/h3-6H,2,7-10H2,1H3,(H,18,19). The van der Waals surface area contributed by atoms with Gasteiger partial charge in [-0.05, 0) is 18.6 Å². The maximum Gasteiger partial charge on any atom is 0.229 e. The van der Waals surface area contributed by atoms with Crippen LogP contribution >= 0.6 is 0 Å². The summed E-state index contributed by atoms with van der Waals surface area (Å²) in [7, 11) is 0. The van der Waals surface area contributed by atoms with E-state index in [1.54, 1.807) is 0 Å². The van der Waals surface area contributed by atoms with Gasteiger partial charge in [-0.25, -0.2) is 0 Å². The second-order valence-corrected chi connectivity index (χ2v) is 5.85. The van der Waals surface area contributed by atoms with Gasteiger partial charge in [0.05, 0.1) is 12.1 Å². The highest BCUT2D eigenvalue weighted by Crippen LogP contribution is 2.23. The lowest BCUT2D eigenvalue weighted by Gasteiger charge is -2.27. The fourth-order valence-corrected chi connectivity index (χ4v) is 3.18. The lowest BCUT2D eigenvalue weighted by molar-refractivity contribution is -0.131. The second kappa shape index (κ2) is 5.53. The minimum absolute atomic E-state index is 0.0814. The predicted octanol–water partition coefficient (Wildman–Crippen LogP) is 2.24. The number of para-hydroxylation sites is 1. The number of nitrogens with zero attached hydrogens (tertiary/aromatic N) is 3. The zero-order valence-corrected chi connectivity index (χ0v) is 13.0. The van der Waals surface area contributed by atoms with Crippen LogP contribution in [0.1, 0.15) is 29.6 Å². The molecular weight excluding hydrogens is 292 g/mol. The van der Waals surface area contributed by atoms with Gasteiger partial charge in [-0.3, -0.25) is 9.89 Å². The fourth-order valence-electron chi connectivity index (χ4n) is 3.18. The number of fused-ring (bicyclic) bond motifs is 2. The number of benzene rings is 1. The molecule has 0 unspecified atom stereocenters. The highest BCUT2D eigenvalue weighted by molar-refractivity contribution is 5.86. The first-order valence-corrected chi connectivity index (χ1v) is 7.92. The average molecular weight is 310 g/mol. The molecule has 0 saturated heterocycles. The van der Waals surface area contributed by atoms with Crippen LogP contribution in [0.5, 0.6) is 0 Å². The Morgan fingerprint density at radius 1 is 1.35 bits per heavy atom. The lowest BCUT2D eigenvalue weighted by atomic mass is 10.0. The van der Waals surface area contributed by atoms with Crippen molar-refractivity contribution in [3.63, 3.8) is 0 Å². The summed E-state index contributed by atoms with van der Waals surface area (Å²) in [5.74, 6) is 0.0814. The number of aromatic nitrogens is 3. The van der Waals surface area contributed by atoms with Crippen molar-refractivity contribution in [2.24, 2.45) is 0 Å². The first-order valence-electron chi connectivity index (χ1n) is 7.92. The first-order chi connectivity index (χ1) is 11.3. The van der Waals surface area contributed by atoms with Crippen molar-refractivity contribution in [2.75, 3.05) is 6.54 Å². The number of carbonyl (C=O) groups is 1. The maximum absolute atomic E-state index is 12.7. The van der Waals surface area contributed by atoms with Gasteiger partial charge in [0.2, 0.25) is 5.91 Å². The Bertz CT molecular complexity index is 851. The molecule has 0 aliphatic carbocycles. The van der Waals surface area contributed by atoms with Crippen LogP contribution in [0.15, 0.2) is 28.8 Å². The molecule has 23 heavy (non-hydrogen) atoms. The molecule has 6 heteroatoms. The lowest BCUT2D eigenvalue weighted by Crippen LogP contribution is -2.37. The molecule has 0 fully saturated rings. The smallest absolute Gasteiger partial charge is 0.229 e. The maximum atomic E-state index is 12.7. The molecule has 2 aromatic heterocycles. The van der Waals surface area contributed by atoms with Crippen LogP contribution in [0.4, 0.5) is 0 Å². The van der Waals surface area contributed by atoms with Crippen molar-refractivity contribution in [3.8, 4) is 0 Å². The number of H-pyrrole nitrogens is 1. The zero-order chi connectivity index (χ0) is 15.8. The van der Waals surface area contributed by atoms with E-state index in [2.05, 4.69) is 22.3 Å². The third-order valence-electron chi connectivity index (χ3n) is 4.48. The molecule has 1 aromatic carbocycles. The third-order valence-corrected chi connectivity index (χ3v) is 4.48. The summed E-state index contributed by atoms with van der Waals surface area (Å²) < 4.78 is 5.28. The van der Waals surface area contributed by atoms with E-state index in [1.165, 1.54) is 5.56 Å². The SMILES string of the molecule is CCc1n[nH]c2c1CN(C(=O)Cc1noc3ccccc13)CC2. The van der Waals surface area contributed by atoms with Gasteiger partial charge in [-0.15, -0.1) is 0 Å². The Morgan fingerprint density at radius 3 is 3.09 bits per heavy atom. The number of hydrogen-bond donors (Lipinski definition) is 1. The highest BCUT2D eigenvalue weighted by atomic mass is 16.5. The van der Waals surface area contributed by atoms with Gasteiger partial charge in [-0.1, -0.05) is 24.2 Å². The van der Waals surface area contributed by atoms with Crippen LogP contribution in [0.25, 0.3) is 11.0 Å². The number of aromatic amines is 1. The molecule has 4 rings (SSSR count). The number of amides is 1. The first kappa shape index (κ1) is 14.0. The monoisotopic (exact) mass is 310 g/mol. The van der Waals surface area contributed by atoms with Gasteiger partial charge in [0.25, 0.3) is 0 Å². The summed E-state index contributed by atoms with van der Waals surface area (Å²) in [6.07, 6.45) is 1.97. The van der Waals surface area contributed by atoms with E-state index < -0.39 is 0 Å². The van der Waals surface area contributed by atoms with Gasteiger partial charge in [-0.2, -0.15) is 5.10 Å². The number of carbonyl (C=O) groups excluding carboxylic acids is 1. The molecule has 1 N–H and O–H groups in total. The fraction of sp³-hybridized carbons (Fsp3) is 0.353.